The van der Waals surface area contributed by atoms with Gasteiger partial charge in [0.15, 0.2) is 0 Å². The molecule has 1 unspecified atom stereocenters. The van der Waals surface area contributed by atoms with Gasteiger partial charge in [0.2, 0.25) is 0 Å². The smallest absolute Gasteiger partial charge is 0.347 e. The molecular weight excluding hydrogens is 266 g/mol. The molecule has 1 atom stereocenters. The lowest BCUT2D eigenvalue weighted by Crippen LogP contribution is -2.11. The van der Waals surface area contributed by atoms with Crippen molar-refractivity contribution < 1.29 is 19.8 Å². The van der Waals surface area contributed by atoms with Gasteiger partial charge in [-0.25, -0.2) is 14.6 Å². The third-order valence-corrected chi connectivity index (χ3v) is 3.85. The lowest BCUT2D eigenvalue weighted by Gasteiger charge is -2.14. The van der Waals surface area contributed by atoms with Crippen molar-refractivity contribution in [3.63, 3.8) is 0 Å². The van der Waals surface area contributed by atoms with Gasteiger partial charge in [0, 0.05) is 0 Å². The minimum Gasteiger partial charge on any atom is -0.478 e. The number of nitrogens with zero attached hydrogens (tertiary/aromatic N) is 1. The number of aliphatic carboxylic acids is 1. The van der Waals surface area contributed by atoms with E-state index in [1.165, 1.54) is 0 Å². The molecule has 0 spiro atoms. The van der Waals surface area contributed by atoms with Crippen molar-refractivity contribution in [2.24, 2.45) is 5.92 Å². The summed E-state index contributed by atoms with van der Waals surface area (Å²) in [4.78, 5) is 26.5. The van der Waals surface area contributed by atoms with E-state index in [0.29, 0.717) is 23.5 Å². The molecule has 0 saturated carbocycles. The van der Waals surface area contributed by atoms with E-state index in [1.54, 1.807) is 25.2 Å². The zero-order chi connectivity index (χ0) is 14.0. The van der Waals surface area contributed by atoms with E-state index in [0.717, 1.165) is 11.3 Å². The largest absolute Gasteiger partial charge is 0.478 e. The molecule has 0 fully saturated rings. The number of carbonyl (C=O) groups is 2. The molecule has 1 aromatic rings. The molecule has 2 rings (SSSR count). The van der Waals surface area contributed by atoms with E-state index in [-0.39, 0.29) is 16.4 Å². The van der Waals surface area contributed by atoms with Crippen molar-refractivity contribution in [3.8, 4) is 0 Å². The summed E-state index contributed by atoms with van der Waals surface area (Å²) in [5, 5.41) is 18.7. The number of aromatic nitrogens is 1. The van der Waals surface area contributed by atoms with Gasteiger partial charge in [-0.05, 0) is 25.7 Å². The monoisotopic (exact) mass is 279 g/mol. The van der Waals surface area contributed by atoms with E-state index in [1.807, 2.05) is 0 Å². The molecule has 6 heteroatoms. The summed E-state index contributed by atoms with van der Waals surface area (Å²) < 4.78 is 0. The number of hydrogen-bond donors (Lipinski definition) is 2. The predicted octanol–water partition coefficient (Wildman–Crippen LogP) is 2.28. The predicted molar refractivity (Wildman–Crippen MR) is 70.5 cm³/mol. The highest BCUT2D eigenvalue weighted by Gasteiger charge is 2.20. The highest BCUT2D eigenvalue weighted by atomic mass is 32.1. The van der Waals surface area contributed by atoms with Crippen molar-refractivity contribution in [1.29, 1.82) is 0 Å². The number of aromatic carboxylic acids is 1. The van der Waals surface area contributed by atoms with Crippen LogP contribution in [0.2, 0.25) is 0 Å². The minimum absolute atomic E-state index is 0.0179. The van der Waals surface area contributed by atoms with E-state index in [2.05, 4.69) is 4.98 Å². The number of thiazole rings is 1. The van der Waals surface area contributed by atoms with Gasteiger partial charge in [-0.3, -0.25) is 0 Å². The first-order valence-corrected chi connectivity index (χ1v) is 6.60. The number of hydrogen-bond acceptors (Lipinski definition) is 4. The highest BCUT2D eigenvalue weighted by Crippen LogP contribution is 2.25. The van der Waals surface area contributed by atoms with Gasteiger partial charge in [-0.15, -0.1) is 11.3 Å². The topological polar surface area (TPSA) is 87.5 Å². The lowest BCUT2D eigenvalue weighted by atomic mass is 9.92. The van der Waals surface area contributed by atoms with Crippen molar-refractivity contribution in [1.82, 2.24) is 4.98 Å². The van der Waals surface area contributed by atoms with Gasteiger partial charge in [-0.2, -0.15) is 0 Å². The fourth-order valence-electron chi connectivity index (χ4n) is 2.06. The Bertz CT molecular complexity index is 585. The minimum atomic E-state index is -0.977. The maximum Gasteiger partial charge on any atom is 0.347 e. The molecule has 1 aliphatic rings. The van der Waals surface area contributed by atoms with Gasteiger partial charge in [-0.1, -0.05) is 18.2 Å². The normalized spacial score (nSPS) is 18.2. The maximum atomic E-state index is 11.1. The summed E-state index contributed by atoms with van der Waals surface area (Å²) in [6.45, 7) is 1.76. The molecule has 0 amide bonds. The van der Waals surface area contributed by atoms with Crippen molar-refractivity contribution in [3.05, 3.63) is 39.4 Å². The molecule has 0 aromatic carbocycles. The van der Waals surface area contributed by atoms with Crippen LogP contribution in [0.15, 0.2) is 23.8 Å². The van der Waals surface area contributed by atoms with Crippen molar-refractivity contribution in [2.45, 2.75) is 19.8 Å². The third kappa shape index (κ3) is 3.08. The SMILES string of the molecule is Cc1nc(CC2C=C(C(=O)O)C=CC2)c(C(=O)O)s1. The van der Waals surface area contributed by atoms with Gasteiger partial charge >= 0.3 is 11.9 Å². The lowest BCUT2D eigenvalue weighted by molar-refractivity contribution is -0.132. The van der Waals surface area contributed by atoms with Crippen LogP contribution in [0, 0.1) is 12.8 Å². The Morgan fingerprint density at radius 2 is 2.16 bits per heavy atom. The number of carboxylic acid groups (broad SMARTS) is 2. The number of carboxylic acids is 2. The number of rotatable bonds is 4. The summed E-state index contributed by atoms with van der Waals surface area (Å²) >= 11 is 1.15. The zero-order valence-electron chi connectivity index (χ0n) is 10.3. The third-order valence-electron chi connectivity index (χ3n) is 2.85. The Kier molecular flexibility index (Phi) is 3.80. The second kappa shape index (κ2) is 5.36. The first-order valence-electron chi connectivity index (χ1n) is 5.78. The summed E-state index contributed by atoms with van der Waals surface area (Å²) in [7, 11) is 0. The van der Waals surface area contributed by atoms with E-state index in [4.69, 9.17) is 10.2 Å². The van der Waals surface area contributed by atoms with Gasteiger partial charge in [0.05, 0.1) is 16.3 Å². The van der Waals surface area contributed by atoms with Crippen LogP contribution >= 0.6 is 11.3 Å². The van der Waals surface area contributed by atoms with Crippen LogP contribution in [0.1, 0.15) is 26.8 Å². The Hall–Kier alpha value is -1.95. The summed E-state index contributed by atoms with van der Waals surface area (Å²) in [6.07, 6.45) is 6.19. The number of allylic oxidation sites excluding steroid dienone is 2. The van der Waals surface area contributed by atoms with Gasteiger partial charge < -0.3 is 10.2 Å². The average Bonchev–Trinajstić information content (AvgIpc) is 2.70. The van der Waals surface area contributed by atoms with Crippen molar-refractivity contribution in [2.75, 3.05) is 0 Å². The highest BCUT2D eigenvalue weighted by molar-refractivity contribution is 7.13. The van der Waals surface area contributed by atoms with Gasteiger partial charge in [0.25, 0.3) is 0 Å². The second-order valence-electron chi connectivity index (χ2n) is 4.34. The molecule has 100 valence electrons. The van der Waals surface area contributed by atoms with Crippen LogP contribution in [-0.2, 0) is 11.2 Å². The quantitative estimate of drug-likeness (QED) is 0.882. The zero-order valence-corrected chi connectivity index (χ0v) is 11.1. The number of aryl methyl sites for hydroxylation is 1. The molecule has 0 bridgehead atoms. The van der Waals surface area contributed by atoms with Crippen LogP contribution in [0.4, 0.5) is 0 Å². The molecule has 0 radical (unpaired) electrons. The fourth-order valence-corrected chi connectivity index (χ4v) is 2.84. The van der Waals surface area contributed by atoms with Crippen LogP contribution in [0.3, 0.4) is 0 Å². The Morgan fingerprint density at radius 1 is 1.42 bits per heavy atom. The molecule has 2 N–H and O–H groups in total. The summed E-state index contributed by atoms with van der Waals surface area (Å²) in [5.74, 6) is -1.96. The molecule has 19 heavy (non-hydrogen) atoms. The molecule has 1 heterocycles. The van der Waals surface area contributed by atoms with Crippen LogP contribution in [0.5, 0.6) is 0 Å². The van der Waals surface area contributed by atoms with Crippen LogP contribution in [0.25, 0.3) is 0 Å². The first kappa shape index (κ1) is 13.5. The average molecular weight is 279 g/mol. The maximum absolute atomic E-state index is 11.1. The van der Waals surface area contributed by atoms with E-state index < -0.39 is 11.9 Å². The van der Waals surface area contributed by atoms with E-state index in [9.17, 15) is 9.59 Å². The Balaban J connectivity index is 2.20. The molecule has 1 aromatic heterocycles. The molecular formula is C13H13NO4S. The summed E-state index contributed by atoms with van der Waals surface area (Å²) in [5.41, 5.74) is 0.788. The first-order chi connectivity index (χ1) is 8.97. The van der Waals surface area contributed by atoms with Crippen LogP contribution < -0.4 is 0 Å². The van der Waals surface area contributed by atoms with E-state index >= 15 is 0 Å². The standard InChI is InChI=1S/C13H13NO4S/c1-7-14-10(11(19-7)13(17)18)6-8-3-2-4-9(5-8)12(15)16/h2,4-5,8H,3,6H2,1H3,(H,15,16)(H,17,18). The van der Waals surface area contributed by atoms with Gasteiger partial charge in [0.1, 0.15) is 4.88 Å². The molecule has 5 nitrogen and oxygen atoms in total. The Labute approximate surface area is 113 Å². The molecule has 0 saturated heterocycles. The molecule has 0 aliphatic heterocycles. The van der Waals surface area contributed by atoms with Crippen molar-refractivity contribution >= 4 is 23.3 Å². The summed E-state index contributed by atoms with van der Waals surface area (Å²) in [6, 6.07) is 0. The fraction of sp³-hybridized carbons (Fsp3) is 0.308. The molecule has 1 aliphatic carbocycles. The second-order valence-corrected chi connectivity index (χ2v) is 5.55. The van der Waals surface area contributed by atoms with Crippen LogP contribution in [-0.4, -0.2) is 27.1 Å². The Morgan fingerprint density at radius 3 is 2.79 bits per heavy atom.